The first kappa shape index (κ1) is 22.7. The molecule has 6 nitrogen and oxygen atoms in total. The van der Waals surface area contributed by atoms with Gasteiger partial charge < -0.3 is 20.3 Å². The van der Waals surface area contributed by atoms with Gasteiger partial charge in [-0.05, 0) is 44.4 Å². The standard InChI is InChI=1S/C19H30N4O2.HI/c1-5-20-18(22-14-19(2)11-6-12-25-19)21-13-15-7-9-16(10-8-15)17(24)23(3)4;/h7-10H,5-6,11-14H2,1-4H3,(H2,20,21,22);1H. The lowest BCUT2D eigenvalue weighted by Crippen LogP contribution is -2.45. The Morgan fingerprint density at radius 2 is 1.96 bits per heavy atom. The molecular formula is C19H31IN4O2. The lowest BCUT2D eigenvalue weighted by atomic mass is 10.0. The third kappa shape index (κ3) is 6.75. The van der Waals surface area contributed by atoms with E-state index in [1.807, 2.05) is 31.2 Å². The number of ether oxygens (including phenoxy) is 1. The van der Waals surface area contributed by atoms with Gasteiger partial charge in [-0.15, -0.1) is 24.0 Å². The fourth-order valence-electron chi connectivity index (χ4n) is 2.77. The molecule has 0 spiro atoms. The molecule has 1 amide bonds. The zero-order valence-electron chi connectivity index (χ0n) is 16.2. The van der Waals surface area contributed by atoms with Crippen molar-refractivity contribution >= 4 is 35.8 Å². The summed E-state index contributed by atoms with van der Waals surface area (Å²) in [6.07, 6.45) is 2.19. The van der Waals surface area contributed by atoms with E-state index in [9.17, 15) is 4.79 Å². The number of halogens is 1. The van der Waals surface area contributed by atoms with Crippen LogP contribution in [0.5, 0.6) is 0 Å². The van der Waals surface area contributed by atoms with Gasteiger partial charge in [0.05, 0.1) is 12.1 Å². The molecule has 7 heteroatoms. The minimum absolute atomic E-state index is 0. The van der Waals surface area contributed by atoms with E-state index in [4.69, 9.17) is 4.74 Å². The summed E-state index contributed by atoms with van der Waals surface area (Å²) in [6, 6.07) is 7.60. The van der Waals surface area contributed by atoms with E-state index in [2.05, 4.69) is 22.5 Å². The second kappa shape index (κ2) is 10.7. The molecule has 1 aliphatic heterocycles. The number of benzene rings is 1. The summed E-state index contributed by atoms with van der Waals surface area (Å²) in [7, 11) is 3.51. The van der Waals surface area contributed by atoms with E-state index in [1.165, 1.54) is 0 Å². The number of aliphatic imine (C=N–C) groups is 1. The van der Waals surface area contributed by atoms with E-state index in [0.717, 1.165) is 44.1 Å². The zero-order valence-corrected chi connectivity index (χ0v) is 18.5. The van der Waals surface area contributed by atoms with Gasteiger partial charge >= 0.3 is 0 Å². The van der Waals surface area contributed by atoms with E-state index < -0.39 is 0 Å². The Balaban J connectivity index is 0.00000338. The van der Waals surface area contributed by atoms with Crippen molar-refractivity contribution in [3.8, 4) is 0 Å². The molecule has 26 heavy (non-hydrogen) atoms. The number of hydrogen-bond donors (Lipinski definition) is 2. The quantitative estimate of drug-likeness (QED) is 0.378. The van der Waals surface area contributed by atoms with Crippen LogP contribution < -0.4 is 10.6 Å². The predicted octanol–water partition coefficient (Wildman–Crippen LogP) is 2.63. The van der Waals surface area contributed by atoms with Crippen LogP contribution in [0.4, 0.5) is 0 Å². The van der Waals surface area contributed by atoms with Crippen LogP contribution in [0.2, 0.25) is 0 Å². The Hall–Kier alpha value is -1.35. The number of amides is 1. The molecule has 0 radical (unpaired) electrons. The summed E-state index contributed by atoms with van der Waals surface area (Å²) in [5, 5.41) is 6.63. The average molecular weight is 474 g/mol. The van der Waals surface area contributed by atoms with Gasteiger partial charge in [-0.3, -0.25) is 4.79 Å². The molecule has 1 fully saturated rings. The van der Waals surface area contributed by atoms with Crippen LogP contribution in [0.1, 0.15) is 42.6 Å². The number of carbonyl (C=O) groups excluding carboxylic acids is 1. The van der Waals surface area contributed by atoms with Crippen molar-refractivity contribution in [3.63, 3.8) is 0 Å². The highest BCUT2D eigenvalue weighted by Gasteiger charge is 2.29. The van der Waals surface area contributed by atoms with Gasteiger partial charge in [0, 0.05) is 39.4 Å². The molecule has 2 rings (SSSR count). The molecule has 1 atom stereocenters. The van der Waals surface area contributed by atoms with E-state index >= 15 is 0 Å². The Morgan fingerprint density at radius 3 is 2.50 bits per heavy atom. The molecule has 1 heterocycles. The molecule has 1 aliphatic rings. The predicted molar refractivity (Wildman–Crippen MR) is 116 cm³/mol. The third-order valence-corrected chi connectivity index (χ3v) is 4.30. The number of nitrogens with zero attached hydrogens (tertiary/aromatic N) is 2. The van der Waals surface area contributed by atoms with E-state index in [1.54, 1.807) is 19.0 Å². The number of rotatable bonds is 6. The highest BCUT2D eigenvalue weighted by atomic mass is 127. The van der Waals surface area contributed by atoms with Crippen molar-refractivity contribution in [1.82, 2.24) is 15.5 Å². The van der Waals surface area contributed by atoms with Crippen molar-refractivity contribution in [2.24, 2.45) is 4.99 Å². The number of guanidine groups is 1. The van der Waals surface area contributed by atoms with Crippen LogP contribution in [0.25, 0.3) is 0 Å². The SMILES string of the molecule is CCNC(=NCc1ccc(C(=O)N(C)C)cc1)NCC1(C)CCCO1.I. The molecule has 146 valence electrons. The van der Waals surface area contributed by atoms with Crippen molar-refractivity contribution in [2.45, 2.75) is 38.8 Å². The van der Waals surface area contributed by atoms with Crippen LogP contribution in [0.3, 0.4) is 0 Å². The molecule has 0 aromatic heterocycles. The molecule has 0 bridgehead atoms. The van der Waals surface area contributed by atoms with Crippen LogP contribution in [-0.2, 0) is 11.3 Å². The van der Waals surface area contributed by atoms with Gasteiger partial charge in [0.1, 0.15) is 0 Å². The monoisotopic (exact) mass is 474 g/mol. The Labute approximate surface area is 173 Å². The van der Waals surface area contributed by atoms with Crippen LogP contribution in [0, 0.1) is 0 Å². The smallest absolute Gasteiger partial charge is 0.253 e. The van der Waals surface area contributed by atoms with E-state index in [0.29, 0.717) is 12.1 Å². The Bertz CT molecular complexity index is 596. The van der Waals surface area contributed by atoms with Gasteiger partial charge in [-0.2, -0.15) is 0 Å². The average Bonchev–Trinajstić information content (AvgIpc) is 3.04. The highest BCUT2D eigenvalue weighted by molar-refractivity contribution is 14.0. The van der Waals surface area contributed by atoms with Gasteiger partial charge in [-0.1, -0.05) is 12.1 Å². The molecule has 1 unspecified atom stereocenters. The summed E-state index contributed by atoms with van der Waals surface area (Å²) < 4.78 is 5.81. The molecule has 1 saturated heterocycles. The highest BCUT2D eigenvalue weighted by Crippen LogP contribution is 2.23. The normalized spacial score (nSPS) is 19.6. The molecule has 1 aromatic rings. The molecule has 1 aromatic carbocycles. The molecule has 2 N–H and O–H groups in total. The number of nitrogens with one attached hydrogen (secondary N) is 2. The first-order chi connectivity index (χ1) is 11.9. The summed E-state index contributed by atoms with van der Waals surface area (Å²) >= 11 is 0. The van der Waals surface area contributed by atoms with Crippen molar-refractivity contribution in [1.29, 1.82) is 0 Å². The first-order valence-corrected chi connectivity index (χ1v) is 8.90. The largest absolute Gasteiger partial charge is 0.373 e. The number of hydrogen-bond acceptors (Lipinski definition) is 3. The Morgan fingerprint density at radius 1 is 1.27 bits per heavy atom. The maximum atomic E-state index is 11.9. The summed E-state index contributed by atoms with van der Waals surface area (Å²) in [4.78, 5) is 18.1. The minimum atomic E-state index is -0.107. The fourth-order valence-corrected chi connectivity index (χ4v) is 2.77. The van der Waals surface area contributed by atoms with Crippen LogP contribution in [-0.4, -0.2) is 56.2 Å². The van der Waals surface area contributed by atoms with Crippen LogP contribution >= 0.6 is 24.0 Å². The van der Waals surface area contributed by atoms with Gasteiger partial charge in [-0.25, -0.2) is 4.99 Å². The van der Waals surface area contributed by atoms with Crippen molar-refractivity contribution in [2.75, 3.05) is 33.8 Å². The van der Waals surface area contributed by atoms with Crippen molar-refractivity contribution in [3.05, 3.63) is 35.4 Å². The zero-order chi connectivity index (χ0) is 18.3. The minimum Gasteiger partial charge on any atom is -0.373 e. The molecule has 0 saturated carbocycles. The van der Waals surface area contributed by atoms with Crippen molar-refractivity contribution < 1.29 is 9.53 Å². The first-order valence-electron chi connectivity index (χ1n) is 8.90. The molecular weight excluding hydrogens is 443 g/mol. The summed E-state index contributed by atoms with van der Waals surface area (Å²) in [5.74, 6) is 0.794. The lowest BCUT2D eigenvalue weighted by molar-refractivity contribution is 0.0243. The Kier molecular flexibility index (Phi) is 9.35. The molecule has 0 aliphatic carbocycles. The second-order valence-electron chi connectivity index (χ2n) is 6.85. The van der Waals surface area contributed by atoms with Gasteiger partial charge in [0.15, 0.2) is 5.96 Å². The summed E-state index contributed by atoms with van der Waals surface area (Å²) in [6.45, 7) is 7.13. The van der Waals surface area contributed by atoms with E-state index in [-0.39, 0.29) is 35.5 Å². The number of carbonyl (C=O) groups is 1. The van der Waals surface area contributed by atoms with Crippen LogP contribution in [0.15, 0.2) is 29.3 Å². The second-order valence-corrected chi connectivity index (χ2v) is 6.85. The maximum Gasteiger partial charge on any atom is 0.253 e. The third-order valence-electron chi connectivity index (χ3n) is 4.30. The topological polar surface area (TPSA) is 66.0 Å². The van der Waals surface area contributed by atoms with Gasteiger partial charge in [0.2, 0.25) is 0 Å². The lowest BCUT2D eigenvalue weighted by Gasteiger charge is -2.24. The van der Waals surface area contributed by atoms with Gasteiger partial charge in [0.25, 0.3) is 5.91 Å². The maximum absolute atomic E-state index is 11.9. The fraction of sp³-hybridized carbons (Fsp3) is 0.579. The summed E-state index contributed by atoms with van der Waals surface area (Å²) in [5.41, 5.74) is 1.65.